The highest BCUT2D eigenvalue weighted by atomic mass is 16.5. The number of aryl methyl sites for hydroxylation is 1. The van der Waals surface area contributed by atoms with Crippen LogP contribution < -0.4 is 14.4 Å². The topological polar surface area (TPSA) is 65.1 Å². The number of rotatable bonds is 7. The van der Waals surface area contributed by atoms with Crippen LogP contribution in [0.1, 0.15) is 36.0 Å². The lowest BCUT2D eigenvalue weighted by Crippen LogP contribution is -2.37. The zero-order valence-corrected chi connectivity index (χ0v) is 19.8. The molecular formula is C29H27NO5. The van der Waals surface area contributed by atoms with Crippen LogP contribution in [0.25, 0.3) is 0 Å². The number of ether oxygens (including phenoxy) is 3. The molecule has 1 amide bonds. The van der Waals surface area contributed by atoms with Crippen LogP contribution in [-0.2, 0) is 27.4 Å². The lowest BCUT2D eigenvalue weighted by molar-refractivity contribution is -0.136. The van der Waals surface area contributed by atoms with Crippen LogP contribution in [0, 0.1) is 0 Å². The van der Waals surface area contributed by atoms with Gasteiger partial charge in [-0.1, -0.05) is 55.5 Å². The first kappa shape index (κ1) is 22.7. The quantitative estimate of drug-likeness (QED) is 0.447. The second kappa shape index (κ2) is 9.66. The minimum Gasteiger partial charge on any atom is -0.493 e. The standard InChI is InChI=1S/C29H27NO5/c1-3-19-9-12-22(13-10-19)30-24-18-35-29(32)28(24)23(16-27(30)31)21-11-14-25(26(15-21)33-2)34-17-20-7-5-4-6-8-20/h4-15,23H,3,16-18H2,1-2H3. The van der Waals surface area contributed by atoms with Gasteiger partial charge < -0.3 is 14.2 Å². The smallest absolute Gasteiger partial charge is 0.336 e. The fourth-order valence-electron chi connectivity index (χ4n) is 4.67. The summed E-state index contributed by atoms with van der Waals surface area (Å²) in [5, 5.41) is 0. The summed E-state index contributed by atoms with van der Waals surface area (Å²) in [6.07, 6.45) is 1.08. The summed E-state index contributed by atoms with van der Waals surface area (Å²) >= 11 is 0. The van der Waals surface area contributed by atoms with Gasteiger partial charge in [-0.2, -0.15) is 0 Å². The van der Waals surface area contributed by atoms with E-state index in [0.29, 0.717) is 29.4 Å². The highest BCUT2D eigenvalue weighted by Crippen LogP contribution is 2.43. The first-order chi connectivity index (χ1) is 17.1. The molecule has 2 aliphatic heterocycles. The Hall–Kier alpha value is -4.06. The molecule has 3 aromatic rings. The van der Waals surface area contributed by atoms with E-state index in [4.69, 9.17) is 14.2 Å². The van der Waals surface area contributed by atoms with Crippen LogP contribution in [0.15, 0.2) is 84.1 Å². The summed E-state index contributed by atoms with van der Waals surface area (Å²) in [6.45, 7) is 2.58. The Kier molecular flexibility index (Phi) is 6.27. The summed E-state index contributed by atoms with van der Waals surface area (Å²) < 4.78 is 17.0. The van der Waals surface area contributed by atoms with Crippen molar-refractivity contribution < 1.29 is 23.8 Å². The van der Waals surface area contributed by atoms with E-state index in [-0.39, 0.29) is 24.9 Å². The molecule has 35 heavy (non-hydrogen) atoms. The van der Waals surface area contributed by atoms with Gasteiger partial charge in [0, 0.05) is 18.0 Å². The largest absolute Gasteiger partial charge is 0.493 e. The number of benzene rings is 3. The molecule has 6 heteroatoms. The lowest BCUT2D eigenvalue weighted by atomic mass is 9.84. The second-order valence-electron chi connectivity index (χ2n) is 8.63. The lowest BCUT2D eigenvalue weighted by Gasteiger charge is -2.32. The molecule has 0 saturated heterocycles. The molecule has 0 spiro atoms. The van der Waals surface area contributed by atoms with E-state index in [1.807, 2.05) is 72.8 Å². The maximum absolute atomic E-state index is 13.3. The minimum absolute atomic E-state index is 0.0698. The molecule has 2 heterocycles. The fourth-order valence-corrected chi connectivity index (χ4v) is 4.67. The number of carbonyl (C=O) groups excluding carboxylic acids is 2. The molecule has 0 N–H and O–H groups in total. The third-order valence-corrected chi connectivity index (χ3v) is 6.55. The van der Waals surface area contributed by atoms with E-state index in [0.717, 1.165) is 23.2 Å². The Bertz CT molecular complexity index is 1280. The Morgan fingerprint density at radius 2 is 1.71 bits per heavy atom. The summed E-state index contributed by atoms with van der Waals surface area (Å²) in [6, 6.07) is 23.3. The van der Waals surface area contributed by atoms with Gasteiger partial charge in [0.1, 0.15) is 13.2 Å². The molecule has 3 aromatic carbocycles. The van der Waals surface area contributed by atoms with Crippen molar-refractivity contribution >= 4 is 17.6 Å². The molecule has 0 saturated carbocycles. The van der Waals surface area contributed by atoms with Gasteiger partial charge in [-0.25, -0.2) is 4.79 Å². The fraction of sp³-hybridized carbons (Fsp3) is 0.241. The summed E-state index contributed by atoms with van der Waals surface area (Å²) in [5.41, 5.74) is 4.94. The number of hydrogen-bond acceptors (Lipinski definition) is 5. The van der Waals surface area contributed by atoms with Crippen LogP contribution in [0.5, 0.6) is 11.5 Å². The van der Waals surface area contributed by atoms with Crippen LogP contribution in [-0.4, -0.2) is 25.6 Å². The molecule has 2 aliphatic rings. The molecule has 0 fully saturated rings. The Balaban J connectivity index is 1.46. The van der Waals surface area contributed by atoms with Crippen molar-refractivity contribution in [3.63, 3.8) is 0 Å². The predicted molar refractivity (Wildman–Crippen MR) is 132 cm³/mol. The monoisotopic (exact) mass is 469 g/mol. The molecule has 178 valence electrons. The van der Waals surface area contributed by atoms with E-state index in [9.17, 15) is 9.59 Å². The zero-order chi connectivity index (χ0) is 24.4. The molecule has 0 aromatic heterocycles. The average molecular weight is 470 g/mol. The van der Waals surface area contributed by atoms with Gasteiger partial charge in [0.05, 0.1) is 18.4 Å². The van der Waals surface area contributed by atoms with E-state index < -0.39 is 5.92 Å². The van der Waals surface area contributed by atoms with Crippen molar-refractivity contribution in [1.82, 2.24) is 0 Å². The van der Waals surface area contributed by atoms with Gasteiger partial charge in [-0.3, -0.25) is 9.69 Å². The predicted octanol–water partition coefficient (Wildman–Crippen LogP) is 5.17. The van der Waals surface area contributed by atoms with E-state index in [2.05, 4.69) is 6.92 Å². The summed E-state index contributed by atoms with van der Waals surface area (Å²) in [5.74, 6) is 0.298. The van der Waals surface area contributed by atoms with Crippen molar-refractivity contribution in [2.24, 2.45) is 0 Å². The Morgan fingerprint density at radius 3 is 2.43 bits per heavy atom. The van der Waals surface area contributed by atoms with E-state index in [1.54, 1.807) is 12.0 Å². The molecule has 0 radical (unpaired) electrons. The summed E-state index contributed by atoms with van der Waals surface area (Å²) in [7, 11) is 1.58. The van der Waals surface area contributed by atoms with Gasteiger partial charge >= 0.3 is 5.97 Å². The number of nitrogens with zero attached hydrogens (tertiary/aromatic N) is 1. The first-order valence-corrected chi connectivity index (χ1v) is 11.8. The number of esters is 1. The molecule has 0 aliphatic carbocycles. The SMILES string of the molecule is CCc1ccc(N2C(=O)CC(c3ccc(OCc4ccccc4)c(OC)c3)C3=C2COC3=O)cc1. The number of hydrogen-bond donors (Lipinski definition) is 0. The van der Waals surface area contributed by atoms with Gasteiger partial charge in [0.25, 0.3) is 0 Å². The Labute approximate surface area is 204 Å². The molecular weight excluding hydrogens is 442 g/mol. The molecule has 6 nitrogen and oxygen atoms in total. The van der Waals surface area contributed by atoms with Gasteiger partial charge in [0.15, 0.2) is 11.5 Å². The average Bonchev–Trinajstić information content (AvgIpc) is 3.28. The zero-order valence-electron chi connectivity index (χ0n) is 19.8. The van der Waals surface area contributed by atoms with Crippen molar-refractivity contribution in [2.45, 2.75) is 32.3 Å². The highest BCUT2D eigenvalue weighted by Gasteiger charge is 2.43. The van der Waals surface area contributed by atoms with Crippen molar-refractivity contribution in [2.75, 3.05) is 18.6 Å². The molecule has 1 atom stereocenters. The summed E-state index contributed by atoms with van der Waals surface area (Å²) in [4.78, 5) is 27.7. The van der Waals surface area contributed by atoms with E-state index in [1.165, 1.54) is 5.56 Å². The third-order valence-electron chi connectivity index (χ3n) is 6.55. The number of methoxy groups -OCH3 is 1. The number of anilines is 1. The Morgan fingerprint density at radius 1 is 0.943 bits per heavy atom. The number of amides is 1. The van der Waals surface area contributed by atoms with Crippen molar-refractivity contribution in [3.8, 4) is 11.5 Å². The third kappa shape index (κ3) is 4.39. The van der Waals surface area contributed by atoms with Crippen molar-refractivity contribution in [1.29, 1.82) is 0 Å². The molecule has 5 rings (SSSR count). The van der Waals surface area contributed by atoms with Crippen LogP contribution in [0.4, 0.5) is 5.69 Å². The van der Waals surface area contributed by atoms with E-state index >= 15 is 0 Å². The van der Waals surface area contributed by atoms with Gasteiger partial charge in [-0.05, 0) is 47.4 Å². The van der Waals surface area contributed by atoms with Crippen LogP contribution >= 0.6 is 0 Å². The molecule has 0 bridgehead atoms. The normalized spacial score (nSPS) is 17.3. The van der Waals surface area contributed by atoms with Crippen LogP contribution in [0.2, 0.25) is 0 Å². The number of carbonyl (C=O) groups is 2. The molecule has 1 unspecified atom stereocenters. The second-order valence-corrected chi connectivity index (χ2v) is 8.63. The van der Waals surface area contributed by atoms with Crippen molar-refractivity contribution in [3.05, 3.63) is 101 Å². The van der Waals surface area contributed by atoms with Gasteiger partial charge in [-0.15, -0.1) is 0 Å². The maximum atomic E-state index is 13.3. The highest BCUT2D eigenvalue weighted by molar-refractivity contribution is 6.06. The first-order valence-electron chi connectivity index (χ1n) is 11.8. The van der Waals surface area contributed by atoms with Gasteiger partial charge in [0.2, 0.25) is 5.91 Å². The van der Waals surface area contributed by atoms with Crippen LogP contribution in [0.3, 0.4) is 0 Å². The number of cyclic esters (lactones) is 1. The maximum Gasteiger partial charge on any atom is 0.336 e. The minimum atomic E-state index is -0.407.